The number of rotatable bonds is 2. The number of fused-ring (bicyclic) bond motifs is 7. The van der Waals surface area contributed by atoms with Gasteiger partial charge in [-0.15, -0.1) is 0 Å². The summed E-state index contributed by atoms with van der Waals surface area (Å²) >= 11 is 5.42. The Labute approximate surface area is 228 Å². The first kappa shape index (κ1) is 22.3. The fourth-order valence-corrected chi connectivity index (χ4v) is 13.3. The quantitative estimate of drug-likeness (QED) is 0.126. The molecule has 0 fully saturated rings. The minimum atomic E-state index is -0.345. The van der Waals surface area contributed by atoms with Crippen LogP contribution >= 0.6 is 45.3 Å². The molecule has 8 aromatic rings. The number of benzene rings is 2. The van der Waals surface area contributed by atoms with Gasteiger partial charge in [0.15, 0.2) is 0 Å². The molecule has 2 aromatic carbocycles. The predicted molar refractivity (Wildman–Crippen MR) is 150 cm³/mol. The average molecular weight is 683 g/mol. The number of thiophene rings is 4. The molecule has 0 unspecified atom stereocenters. The van der Waals surface area contributed by atoms with Gasteiger partial charge in [-0.1, -0.05) is 0 Å². The van der Waals surface area contributed by atoms with Crippen LogP contribution < -0.4 is 0 Å². The average Bonchev–Trinajstić information content (AvgIpc) is 3.69. The normalized spacial score (nSPS) is 12.4. The molecule has 0 aliphatic rings. The van der Waals surface area contributed by atoms with Gasteiger partial charge in [0.25, 0.3) is 0 Å². The molecule has 0 aliphatic carbocycles. The van der Waals surface area contributed by atoms with Crippen LogP contribution in [0, 0.1) is 23.3 Å². The zero-order valence-corrected chi connectivity index (χ0v) is 24.3. The van der Waals surface area contributed by atoms with Crippen molar-refractivity contribution in [1.29, 1.82) is 0 Å². The third-order valence-corrected chi connectivity index (χ3v) is 15.4. The van der Waals surface area contributed by atoms with Gasteiger partial charge in [-0.25, -0.2) is 0 Å². The first-order chi connectivity index (χ1) is 17.5. The summed E-state index contributed by atoms with van der Waals surface area (Å²) in [6.45, 7) is 0. The maximum absolute atomic E-state index is 15.3. The predicted octanol–water partition coefficient (Wildman–Crippen LogP) is 9.70. The number of hydrogen-bond acceptors (Lipinski definition) is 4. The van der Waals surface area contributed by atoms with Crippen LogP contribution in [0.5, 0.6) is 0 Å². The summed E-state index contributed by atoms with van der Waals surface area (Å²) in [6, 6.07) is 10.6. The van der Waals surface area contributed by atoms with Crippen LogP contribution in [-0.4, -0.2) is 29.0 Å². The van der Waals surface area contributed by atoms with Crippen molar-refractivity contribution in [2.45, 2.75) is 0 Å². The van der Waals surface area contributed by atoms with Crippen molar-refractivity contribution in [2.24, 2.45) is 0 Å². The van der Waals surface area contributed by atoms with Gasteiger partial charge in [0.1, 0.15) is 0 Å². The molecule has 0 saturated heterocycles. The van der Waals surface area contributed by atoms with E-state index < -0.39 is 0 Å². The topological polar surface area (TPSA) is 0 Å². The van der Waals surface area contributed by atoms with Crippen molar-refractivity contribution in [3.63, 3.8) is 0 Å². The van der Waals surface area contributed by atoms with Crippen LogP contribution in [0.25, 0.3) is 68.4 Å². The van der Waals surface area contributed by atoms with Gasteiger partial charge in [-0.2, -0.15) is 0 Å². The summed E-state index contributed by atoms with van der Waals surface area (Å²) in [5, 5.41) is 3.13. The molecule has 0 aliphatic heterocycles. The number of halogens is 4. The van der Waals surface area contributed by atoms with Crippen molar-refractivity contribution < 1.29 is 17.6 Å². The van der Waals surface area contributed by atoms with Gasteiger partial charge in [0.2, 0.25) is 0 Å². The van der Waals surface area contributed by atoms with Gasteiger partial charge in [-0.05, 0) is 0 Å². The Kier molecular flexibility index (Phi) is 4.87. The van der Waals surface area contributed by atoms with Gasteiger partial charge in [0, 0.05) is 0 Å². The molecule has 0 saturated carbocycles. The van der Waals surface area contributed by atoms with Crippen LogP contribution in [0.3, 0.4) is 0 Å². The van der Waals surface area contributed by atoms with E-state index in [-0.39, 0.29) is 52.3 Å². The third kappa shape index (κ3) is 3.01. The maximum atomic E-state index is 15.3. The molecule has 0 N–H and O–H groups in total. The first-order valence-corrected chi connectivity index (χ1v) is 17.5. The molecule has 10 heteroatoms. The fraction of sp³-hybridized carbons (Fsp3) is 0. The van der Waals surface area contributed by atoms with Gasteiger partial charge < -0.3 is 0 Å². The second-order valence-corrected chi connectivity index (χ2v) is 16.3. The van der Waals surface area contributed by atoms with Crippen molar-refractivity contribution in [1.82, 2.24) is 0 Å². The van der Waals surface area contributed by atoms with E-state index in [2.05, 4.69) is 0 Å². The molecule has 36 heavy (non-hydrogen) atoms. The van der Waals surface area contributed by atoms with E-state index in [9.17, 15) is 8.78 Å². The van der Waals surface area contributed by atoms with E-state index in [1.165, 1.54) is 34.8 Å². The second kappa shape index (κ2) is 7.88. The van der Waals surface area contributed by atoms with E-state index in [1.54, 1.807) is 32.6 Å². The molecule has 0 radical (unpaired) electrons. The van der Waals surface area contributed by atoms with Crippen LogP contribution in [-0.2, 0) is 0 Å². The summed E-state index contributed by atoms with van der Waals surface area (Å²) in [4.78, 5) is 4.34. The molecule has 8 rings (SSSR count). The molecule has 176 valence electrons. The van der Waals surface area contributed by atoms with Crippen molar-refractivity contribution >= 4 is 124 Å². The summed E-state index contributed by atoms with van der Waals surface area (Å²) in [5.74, 6) is -1.37. The summed E-state index contributed by atoms with van der Waals surface area (Å²) in [5.41, 5.74) is 0. The fourth-order valence-electron chi connectivity index (χ4n) is 4.58. The van der Waals surface area contributed by atoms with Gasteiger partial charge in [0.05, 0.1) is 0 Å². The van der Waals surface area contributed by atoms with Gasteiger partial charge in [-0.3, -0.25) is 0 Å². The Balaban J connectivity index is 1.36. The molecule has 6 aromatic heterocycles. The Bertz CT molecular complexity index is 2010. The second-order valence-electron chi connectivity index (χ2n) is 8.24. The zero-order valence-electron chi connectivity index (χ0n) is 17.6. The van der Waals surface area contributed by atoms with Crippen molar-refractivity contribution in [2.75, 3.05) is 0 Å². The van der Waals surface area contributed by atoms with Crippen molar-refractivity contribution in [3.05, 3.63) is 69.5 Å². The monoisotopic (exact) mass is 684 g/mol. The van der Waals surface area contributed by atoms with Crippen LogP contribution in [0.2, 0.25) is 0 Å². The first-order valence-electron chi connectivity index (χ1n) is 10.6. The molecular weight excluding hydrogens is 674 g/mol. The number of hydrogen-bond donors (Lipinski definition) is 0. The molecule has 0 amide bonds. The zero-order chi connectivity index (χ0) is 24.3. The van der Waals surface area contributed by atoms with Crippen LogP contribution in [0.4, 0.5) is 17.6 Å². The molecule has 0 spiro atoms. The van der Waals surface area contributed by atoms with E-state index in [0.29, 0.717) is 29.4 Å². The third-order valence-electron chi connectivity index (χ3n) is 6.23. The van der Waals surface area contributed by atoms with E-state index in [1.807, 2.05) is 24.3 Å². The molecule has 6 heterocycles. The summed E-state index contributed by atoms with van der Waals surface area (Å²) < 4.78 is 65.7. The van der Waals surface area contributed by atoms with Crippen LogP contribution in [0.1, 0.15) is 0 Å². The Hall–Kier alpha value is -1.74. The van der Waals surface area contributed by atoms with Crippen LogP contribution in [0.15, 0.2) is 46.3 Å². The SMILES string of the molecule is Fc1cc[se]c1-c1sc2cc3c(cc2c1F)sc1c2cc4sc(-c5[se]ccc5F)c(F)c4cc2sc31. The van der Waals surface area contributed by atoms with E-state index in [0.717, 1.165) is 39.0 Å². The molecule has 0 atom stereocenters. The Morgan fingerprint density at radius 1 is 0.500 bits per heavy atom. The Morgan fingerprint density at radius 3 is 1.28 bits per heavy atom. The molecule has 0 bridgehead atoms. The van der Waals surface area contributed by atoms with E-state index in [4.69, 9.17) is 0 Å². The summed E-state index contributed by atoms with van der Waals surface area (Å²) in [6.07, 6.45) is 0. The minimum absolute atomic E-state index is 0.193. The standard InChI is InChI=1S/C26H8F4S4Se2/c27-13-1-3-35-25(13)23-19(29)9-5-17-11(7-15(9)33-23)21-22(31-17)12-8-16-10(6-18(12)32-21)20(30)24(34-16)26-14(28)2-4-36-26/h1-8H. The van der Waals surface area contributed by atoms with Gasteiger partial charge >= 0.3 is 230 Å². The Morgan fingerprint density at radius 2 is 0.889 bits per heavy atom. The van der Waals surface area contributed by atoms with Crippen molar-refractivity contribution in [3.8, 4) is 18.6 Å². The van der Waals surface area contributed by atoms with E-state index >= 15 is 8.78 Å². The molecule has 0 nitrogen and oxygen atoms in total. The summed E-state index contributed by atoms with van der Waals surface area (Å²) in [7, 11) is 0. The molecular formula is C26H8F4S4Se2.